The molecule has 11 heavy (non-hydrogen) atoms. The highest BCUT2D eigenvalue weighted by molar-refractivity contribution is 4.91. The van der Waals surface area contributed by atoms with Crippen molar-refractivity contribution in [3.05, 3.63) is 18.2 Å². The van der Waals surface area contributed by atoms with Gasteiger partial charge in [0, 0.05) is 0 Å². The molecule has 0 aliphatic carbocycles. The molecule has 0 aliphatic heterocycles. The first-order valence-corrected chi connectivity index (χ1v) is 2.76. The number of halogens is 3. The Kier molecular flexibility index (Phi) is 2.13. The molecule has 0 fully saturated rings. The van der Waals surface area contributed by atoms with E-state index in [-0.39, 0.29) is 0 Å². The fraction of sp³-hybridized carbons (Fsp3) is 0.400. The van der Waals surface area contributed by atoms with Gasteiger partial charge in [0.1, 0.15) is 0 Å². The van der Waals surface area contributed by atoms with E-state index in [1.54, 1.807) is 0 Å². The van der Waals surface area contributed by atoms with Crippen molar-refractivity contribution in [2.24, 2.45) is 0 Å². The molecule has 0 aromatic carbocycles. The lowest BCUT2D eigenvalue weighted by Crippen LogP contribution is -2.12. The number of alkyl halides is 3. The molecule has 0 spiro atoms. The Bertz CT molecular complexity index is 206. The Morgan fingerprint density at radius 1 is 1.55 bits per heavy atom. The minimum absolute atomic E-state index is 0.294. The SMILES string of the molecule is FC(F)(F)OCc1cnc[nH]1. The third kappa shape index (κ3) is 3.03. The number of rotatable bonds is 2. The van der Waals surface area contributed by atoms with Gasteiger partial charge in [-0.15, -0.1) is 13.2 Å². The molecular weight excluding hydrogens is 161 g/mol. The topological polar surface area (TPSA) is 37.9 Å². The number of imidazole rings is 1. The normalized spacial score (nSPS) is 11.9. The van der Waals surface area contributed by atoms with Gasteiger partial charge in [0.2, 0.25) is 0 Å². The second kappa shape index (κ2) is 2.91. The van der Waals surface area contributed by atoms with Crippen molar-refractivity contribution < 1.29 is 17.9 Å². The summed E-state index contributed by atoms with van der Waals surface area (Å²) in [7, 11) is 0. The molecule has 0 saturated carbocycles. The molecule has 1 N–H and O–H groups in total. The highest BCUT2D eigenvalue weighted by atomic mass is 19.4. The standard InChI is InChI=1S/C5H5F3N2O/c6-5(7,8)11-2-4-1-9-3-10-4/h1,3H,2H2,(H,9,10). The van der Waals surface area contributed by atoms with Gasteiger partial charge in [-0.05, 0) is 0 Å². The van der Waals surface area contributed by atoms with Crippen LogP contribution in [0.5, 0.6) is 0 Å². The zero-order chi connectivity index (χ0) is 8.32. The number of ether oxygens (including phenoxy) is 1. The van der Waals surface area contributed by atoms with Crippen LogP contribution in [0.15, 0.2) is 12.5 Å². The van der Waals surface area contributed by atoms with Crippen LogP contribution in [0.25, 0.3) is 0 Å². The summed E-state index contributed by atoms with van der Waals surface area (Å²) in [5.41, 5.74) is 0.294. The van der Waals surface area contributed by atoms with Crippen LogP contribution in [-0.4, -0.2) is 16.3 Å². The van der Waals surface area contributed by atoms with Crippen LogP contribution in [0, 0.1) is 0 Å². The van der Waals surface area contributed by atoms with Crippen LogP contribution >= 0.6 is 0 Å². The first kappa shape index (κ1) is 8.06. The molecule has 1 rings (SSSR count). The number of hydrogen-bond acceptors (Lipinski definition) is 2. The summed E-state index contributed by atoms with van der Waals surface area (Å²) in [6, 6.07) is 0. The van der Waals surface area contributed by atoms with E-state index >= 15 is 0 Å². The van der Waals surface area contributed by atoms with E-state index in [0.29, 0.717) is 5.69 Å². The van der Waals surface area contributed by atoms with Gasteiger partial charge < -0.3 is 4.98 Å². The van der Waals surface area contributed by atoms with E-state index in [1.807, 2.05) is 0 Å². The molecule has 6 heteroatoms. The quantitative estimate of drug-likeness (QED) is 0.721. The summed E-state index contributed by atoms with van der Waals surface area (Å²) in [5.74, 6) is 0. The number of hydrogen-bond donors (Lipinski definition) is 1. The summed E-state index contributed by atoms with van der Waals surface area (Å²) in [5, 5.41) is 0. The lowest BCUT2D eigenvalue weighted by Gasteiger charge is -2.04. The van der Waals surface area contributed by atoms with E-state index in [9.17, 15) is 13.2 Å². The number of aromatic amines is 1. The Morgan fingerprint density at radius 3 is 2.73 bits per heavy atom. The van der Waals surface area contributed by atoms with E-state index < -0.39 is 13.0 Å². The number of H-pyrrole nitrogens is 1. The third-order valence-corrected chi connectivity index (χ3v) is 0.946. The van der Waals surface area contributed by atoms with Crippen LogP contribution in [0.4, 0.5) is 13.2 Å². The summed E-state index contributed by atoms with van der Waals surface area (Å²) in [6.07, 6.45) is -2.02. The lowest BCUT2D eigenvalue weighted by molar-refractivity contribution is -0.330. The van der Waals surface area contributed by atoms with Gasteiger partial charge in [0.05, 0.1) is 24.8 Å². The Balaban J connectivity index is 2.35. The van der Waals surface area contributed by atoms with E-state index in [2.05, 4.69) is 14.7 Å². The number of nitrogens with zero attached hydrogens (tertiary/aromatic N) is 1. The fourth-order valence-electron chi connectivity index (χ4n) is 0.523. The highest BCUT2D eigenvalue weighted by Gasteiger charge is 2.28. The molecule has 1 aromatic rings. The average Bonchev–Trinajstić information content (AvgIpc) is 2.32. The first-order valence-electron chi connectivity index (χ1n) is 2.76. The van der Waals surface area contributed by atoms with Gasteiger partial charge >= 0.3 is 6.36 Å². The van der Waals surface area contributed by atoms with Crippen molar-refractivity contribution >= 4 is 0 Å². The molecule has 0 radical (unpaired) electrons. The van der Waals surface area contributed by atoms with Crippen molar-refractivity contribution in [1.29, 1.82) is 0 Å². The smallest absolute Gasteiger partial charge is 0.347 e. The van der Waals surface area contributed by atoms with Crippen LogP contribution in [0.2, 0.25) is 0 Å². The molecule has 3 nitrogen and oxygen atoms in total. The summed E-state index contributed by atoms with van der Waals surface area (Å²) >= 11 is 0. The summed E-state index contributed by atoms with van der Waals surface area (Å²) in [4.78, 5) is 5.99. The molecule has 0 amide bonds. The first-order chi connectivity index (χ1) is 5.08. The van der Waals surface area contributed by atoms with Gasteiger partial charge in [0.15, 0.2) is 0 Å². The number of aromatic nitrogens is 2. The monoisotopic (exact) mass is 166 g/mol. The van der Waals surface area contributed by atoms with Crippen molar-refractivity contribution in [3.8, 4) is 0 Å². The maximum absolute atomic E-state index is 11.4. The fourth-order valence-corrected chi connectivity index (χ4v) is 0.523. The van der Waals surface area contributed by atoms with Gasteiger partial charge in [0.25, 0.3) is 0 Å². The maximum Gasteiger partial charge on any atom is 0.522 e. The predicted molar refractivity (Wildman–Crippen MR) is 29.4 cm³/mol. The molecule has 0 unspecified atom stereocenters. The van der Waals surface area contributed by atoms with Crippen molar-refractivity contribution in [3.63, 3.8) is 0 Å². The second-order valence-corrected chi connectivity index (χ2v) is 1.81. The zero-order valence-electron chi connectivity index (χ0n) is 5.35. The summed E-state index contributed by atoms with van der Waals surface area (Å²) < 4.78 is 37.7. The molecular formula is C5H5F3N2O. The Hall–Kier alpha value is -1.04. The minimum atomic E-state index is -4.58. The molecule has 0 bridgehead atoms. The molecule has 0 aliphatic rings. The highest BCUT2D eigenvalue weighted by Crippen LogP contribution is 2.17. The third-order valence-electron chi connectivity index (χ3n) is 0.946. The predicted octanol–water partition coefficient (Wildman–Crippen LogP) is 1.45. The number of nitrogens with one attached hydrogen (secondary N) is 1. The Labute approximate surface area is 60.2 Å². The van der Waals surface area contributed by atoms with Crippen molar-refractivity contribution in [2.45, 2.75) is 13.0 Å². The van der Waals surface area contributed by atoms with Gasteiger partial charge in [-0.1, -0.05) is 0 Å². The van der Waals surface area contributed by atoms with Crippen LogP contribution in [0.3, 0.4) is 0 Å². The van der Waals surface area contributed by atoms with E-state index in [1.165, 1.54) is 12.5 Å². The van der Waals surface area contributed by atoms with Crippen LogP contribution < -0.4 is 0 Å². The van der Waals surface area contributed by atoms with Crippen molar-refractivity contribution in [2.75, 3.05) is 0 Å². The Morgan fingerprint density at radius 2 is 2.27 bits per heavy atom. The molecule has 62 valence electrons. The average molecular weight is 166 g/mol. The maximum atomic E-state index is 11.4. The zero-order valence-corrected chi connectivity index (χ0v) is 5.35. The molecule has 0 saturated heterocycles. The van der Waals surface area contributed by atoms with E-state index in [0.717, 1.165) is 0 Å². The molecule has 0 atom stereocenters. The van der Waals surface area contributed by atoms with Gasteiger partial charge in [-0.25, -0.2) is 4.98 Å². The lowest BCUT2D eigenvalue weighted by atomic mass is 10.5. The van der Waals surface area contributed by atoms with Gasteiger partial charge in [-0.2, -0.15) is 0 Å². The molecule has 1 heterocycles. The summed E-state index contributed by atoms with van der Waals surface area (Å²) in [6.45, 7) is -0.524. The van der Waals surface area contributed by atoms with E-state index in [4.69, 9.17) is 0 Å². The molecule has 1 aromatic heterocycles. The minimum Gasteiger partial charge on any atom is -0.347 e. The van der Waals surface area contributed by atoms with Crippen LogP contribution in [-0.2, 0) is 11.3 Å². The van der Waals surface area contributed by atoms with Crippen molar-refractivity contribution in [1.82, 2.24) is 9.97 Å². The largest absolute Gasteiger partial charge is 0.522 e. The second-order valence-electron chi connectivity index (χ2n) is 1.81. The van der Waals surface area contributed by atoms with Gasteiger partial charge in [-0.3, -0.25) is 4.74 Å². The van der Waals surface area contributed by atoms with Crippen LogP contribution in [0.1, 0.15) is 5.69 Å².